The topological polar surface area (TPSA) is 103 Å². The molecule has 0 unspecified atom stereocenters. The summed E-state index contributed by atoms with van der Waals surface area (Å²) in [6, 6.07) is 12.3. The highest BCUT2D eigenvalue weighted by Gasteiger charge is 2.13. The first-order valence-corrected chi connectivity index (χ1v) is 7.99. The fourth-order valence-corrected chi connectivity index (χ4v) is 2.45. The van der Waals surface area contributed by atoms with E-state index in [4.69, 9.17) is 16.2 Å². The largest absolute Gasteiger partial charge is 0.453 e. The van der Waals surface area contributed by atoms with Crippen molar-refractivity contribution < 1.29 is 13.9 Å². The number of nitrogens with two attached hydrogens (primary N) is 2. The van der Waals surface area contributed by atoms with Crippen LogP contribution in [0.5, 0.6) is 11.5 Å². The maximum atomic E-state index is 14.4. The summed E-state index contributed by atoms with van der Waals surface area (Å²) >= 11 is 0. The van der Waals surface area contributed by atoms with Gasteiger partial charge in [0.15, 0.2) is 11.6 Å². The number of rotatable bonds is 5. The summed E-state index contributed by atoms with van der Waals surface area (Å²) in [5, 5.41) is 2.60. The van der Waals surface area contributed by atoms with Crippen LogP contribution in [0.25, 0.3) is 6.08 Å². The molecular weight excluding hydrogens is 347 g/mol. The third-order valence-corrected chi connectivity index (χ3v) is 3.80. The highest BCUT2D eigenvalue weighted by atomic mass is 19.1. The molecule has 1 heterocycles. The second-order valence-electron chi connectivity index (χ2n) is 5.60. The molecule has 0 bridgehead atoms. The number of nitrogen functional groups attached to an aromatic ring is 2. The molecule has 27 heavy (non-hydrogen) atoms. The Morgan fingerprint density at radius 2 is 1.93 bits per heavy atom. The van der Waals surface area contributed by atoms with E-state index < -0.39 is 11.7 Å². The van der Waals surface area contributed by atoms with Crippen molar-refractivity contribution in [2.75, 3.05) is 16.8 Å². The minimum atomic E-state index is -0.653. The summed E-state index contributed by atoms with van der Waals surface area (Å²) < 4.78 is 20.0. The van der Waals surface area contributed by atoms with Gasteiger partial charge in [0.25, 0.3) is 5.91 Å². The van der Waals surface area contributed by atoms with E-state index in [9.17, 15) is 9.18 Å². The number of hydrogen-bond donors (Lipinski definition) is 3. The van der Waals surface area contributed by atoms with Crippen molar-refractivity contribution in [2.45, 2.75) is 0 Å². The first-order chi connectivity index (χ1) is 13.0. The summed E-state index contributed by atoms with van der Waals surface area (Å²) in [5.74, 6) is -0.561. The van der Waals surface area contributed by atoms with Crippen LogP contribution in [0.3, 0.4) is 0 Å². The van der Waals surface area contributed by atoms with Gasteiger partial charge in [0, 0.05) is 23.6 Å². The van der Waals surface area contributed by atoms with Gasteiger partial charge in [-0.3, -0.25) is 4.79 Å². The monoisotopic (exact) mass is 364 g/mol. The lowest BCUT2D eigenvalue weighted by Gasteiger charge is -2.12. The van der Waals surface area contributed by atoms with Gasteiger partial charge in [-0.1, -0.05) is 24.8 Å². The van der Waals surface area contributed by atoms with Crippen molar-refractivity contribution in [2.24, 2.45) is 0 Å². The van der Waals surface area contributed by atoms with Gasteiger partial charge in [-0.25, -0.2) is 9.37 Å². The fraction of sp³-hybridized carbons (Fsp3) is 0. The van der Waals surface area contributed by atoms with Crippen molar-refractivity contribution in [3.63, 3.8) is 0 Å². The number of para-hydroxylation sites is 1. The van der Waals surface area contributed by atoms with Crippen LogP contribution in [0.15, 0.2) is 61.3 Å². The Kier molecular flexibility index (Phi) is 5.03. The Morgan fingerprint density at radius 1 is 1.15 bits per heavy atom. The van der Waals surface area contributed by atoms with Crippen LogP contribution in [-0.4, -0.2) is 10.9 Å². The van der Waals surface area contributed by atoms with Crippen molar-refractivity contribution in [3.05, 3.63) is 78.3 Å². The normalized spacial score (nSPS) is 10.3. The Bertz CT molecular complexity index is 1020. The molecule has 0 atom stereocenters. The SMILES string of the molecule is C=Cc1c(Oc2ccc(NC(=O)c3ccccc3N)cc2F)ccnc1N. The third kappa shape index (κ3) is 3.87. The zero-order valence-electron chi connectivity index (χ0n) is 14.3. The molecule has 0 saturated carbocycles. The van der Waals surface area contributed by atoms with Crippen LogP contribution in [0, 0.1) is 5.82 Å². The summed E-state index contributed by atoms with van der Waals surface area (Å²) in [6.07, 6.45) is 2.93. The lowest BCUT2D eigenvalue weighted by molar-refractivity contribution is 0.102. The summed E-state index contributed by atoms with van der Waals surface area (Å²) in [5.41, 5.74) is 12.9. The van der Waals surface area contributed by atoms with Gasteiger partial charge in [0.2, 0.25) is 0 Å². The number of nitrogens with one attached hydrogen (secondary N) is 1. The molecule has 7 heteroatoms. The van der Waals surface area contributed by atoms with Gasteiger partial charge >= 0.3 is 0 Å². The van der Waals surface area contributed by atoms with Gasteiger partial charge in [-0.05, 0) is 30.3 Å². The van der Waals surface area contributed by atoms with Crippen molar-refractivity contribution in [1.29, 1.82) is 0 Å². The lowest BCUT2D eigenvalue weighted by atomic mass is 10.1. The van der Waals surface area contributed by atoms with Gasteiger partial charge in [0.1, 0.15) is 11.6 Å². The number of hydrogen-bond acceptors (Lipinski definition) is 5. The molecule has 1 aromatic heterocycles. The van der Waals surface area contributed by atoms with E-state index in [1.807, 2.05) is 0 Å². The molecule has 6 nitrogen and oxygen atoms in total. The number of aromatic nitrogens is 1. The maximum absolute atomic E-state index is 14.4. The first kappa shape index (κ1) is 17.9. The first-order valence-electron chi connectivity index (χ1n) is 7.99. The summed E-state index contributed by atoms with van der Waals surface area (Å²) in [6.45, 7) is 3.65. The molecule has 1 amide bonds. The van der Waals surface area contributed by atoms with Crippen LogP contribution in [0.2, 0.25) is 0 Å². The molecule has 3 rings (SSSR count). The molecule has 0 aliphatic heterocycles. The smallest absolute Gasteiger partial charge is 0.257 e. The molecule has 3 aromatic rings. The number of carbonyl (C=O) groups is 1. The molecule has 5 N–H and O–H groups in total. The summed E-state index contributed by atoms with van der Waals surface area (Å²) in [4.78, 5) is 16.2. The minimum absolute atomic E-state index is 0.0269. The number of pyridine rings is 1. The number of carbonyl (C=O) groups excluding carboxylic acids is 1. The van der Waals surface area contributed by atoms with E-state index in [2.05, 4.69) is 16.9 Å². The molecule has 0 aliphatic rings. The van der Waals surface area contributed by atoms with Crippen LogP contribution in [-0.2, 0) is 0 Å². The number of amides is 1. The third-order valence-electron chi connectivity index (χ3n) is 3.80. The predicted molar refractivity (Wildman–Crippen MR) is 104 cm³/mol. The quantitative estimate of drug-likeness (QED) is 0.592. The van der Waals surface area contributed by atoms with Gasteiger partial charge < -0.3 is 21.5 Å². The Labute approximate surface area is 155 Å². The zero-order valence-corrected chi connectivity index (χ0v) is 14.3. The zero-order chi connectivity index (χ0) is 19.4. The molecule has 0 saturated heterocycles. The number of benzene rings is 2. The van der Waals surface area contributed by atoms with E-state index in [1.54, 1.807) is 30.3 Å². The molecule has 0 fully saturated rings. The molecule has 136 valence electrons. The van der Waals surface area contributed by atoms with E-state index >= 15 is 0 Å². The second-order valence-corrected chi connectivity index (χ2v) is 5.60. The molecule has 2 aromatic carbocycles. The Balaban J connectivity index is 1.80. The van der Waals surface area contributed by atoms with Crippen LogP contribution in [0.4, 0.5) is 21.6 Å². The van der Waals surface area contributed by atoms with E-state index in [0.717, 1.165) is 6.07 Å². The Morgan fingerprint density at radius 3 is 2.63 bits per heavy atom. The predicted octanol–water partition coefficient (Wildman–Crippen LogP) is 4.07. The number of ether oxygens (including phenoxy) is 1. The average Bonchev–Trinajstić information content (AvgIpc) is 2.64. The van der Waals surface area contributed by atoms with Crippen LogP contribution < -0.4 is 21.5 Å². The number of halogens is 1. The van der Waals surface area contributed by atoms with Crippen molar-refractivity contribution >= 4 is 29.2 Å². The van der Waals surface area contributed by atoms with Crippen molar-refractivity contribution in [1.82, 2.24) is 4.98 Å². The molecule has 0 radical (unpaired) electrons. The van der Waals surface area contributed by atoms with Gasteiger partial charge in [0.05, 0.1) is 11.1 Å². The van der Waals surface area contributed by atoms with Gasteiger partial charge in [-0.15, -0.1) is 0 Å². The highest BCUT2D eigenvalue weighted by Crippen LogP contribution is 2.31. The van der Waals surface area contributed by atoms with E-state index in [-0.39, 0.29) is 17.3 Å². The standard InChI is InChI=1S/C20H17FN4O2/c1-2-13-17(9-10-24-19(13)23)27-18-8-7-12(11-15(18)21)25-20(26)14-5-3-4-6-16(14)22/h2-11H,1,22H2,(H2,23,24)(H,25,26). The van der Waals surface area contributed by atoms with E-state index in [1.165, 1.54) is 24.4 Å². The molecule has 0 spiro atoms. The number of anilines is 3. The van der Waals surface area contributed by atoms with Crippen LogP contribution >= 0.6 is 0 Å². The molecule has 0 aliphatic carbocycles. The summed E-state index contributed by atoms with van der Waals surface area (Å²) in [7, 11) is 0. The maximum Gasteiger partial charge on any atom is 0.257 e. The van der Waals surface area contributed by atoms with Gasteiger partial charge in [-0.2, -0.15) is 0 Å². The van der Waals surface area contributed by atoms with E-state index in [0.29, 0.717) is 22.6 Å². The van der Waals surface area contributed by atoms with Crippen molar-refractivity contribution in [3.8, 4) is 11.5 Å². The molecular formula is C20H17FN4O2. The number of nitrogens with zero attached hydrogens (tertiary/aromatic N) is 1. The van der Waals surface area contributed by atoms with Crippen LogP contribution in [0.1, 0.15) is 15.9 Å². The fourth-order valence-electron chi connectivity index (χ4n) is 2.45. The highest BCUT2D eigenvalue weighted by molar-refractivity contribution is 6.07. The average molecular weight is 364 g/mol. The second kappa shape index (κ2) is 7.57. The lowest BCUT2D eigenvalue weighted by Crippen LogP contribution is -2.14. The Hall–Kier alpha value is -3.87. The minimum Gasteiger partial charge on any atom is -0.453 e.